The Morgan fingerprint density at radius 3 is 2.82 bits per heavy atom. The third-order valence-electron chi connectivity index (χ3n) is 4.39. The maximum Gasteiger partial charge on any atom is 0.315 e. The number of carbonyl (C=O) groups excluding carboxylic acids is 1. The van der Waals surface area contributed by atoms with Crippen LogP contribution in [0.5, 0.6) is 0 Å². The Morgan fingerprint density at radius 2 is 2.14 bits per heavy atom. The van der Waals surface area contributed by atoms with Crippen LogP contribution in [0, 0.1) is 13.8 Å². The first-order chi connectivity index (χ1) is 10.6. The van der Waals surface area contributed by atoms with E-state index in [1.54, 1.807) is 7.11 Å². The number of ether oxygens (including phenoxy) is 1. The summed E-state index contributed by atoms with van der Waals surface area (Å²) in [6, 6.07) is 0.0222. The van der Waals surface area contributed by atoms with E-state index >= 15 is 0 Å². The highest BCUT2D eigenvalue weighted by molar-refractivity contribution is 5.74. The van der Waals surface area contributed by atoms with E-state index in [1.165, 1.54) is 6.42 Å². The van der Waals surface area contributed by atoms with Gasteiger partial charge in [0, 0.05) is 19.2 Å². The number of urea groups is 1. The van der Waals surface area contributed by atoms with Gasteiger partial charge in [0.25, 0.3) is 0 Å². The molecule has 1 aliphatic rings. The minimum atomic E-state index is -0.104. The van der Waals surface area contributed by atoms with E-state index < -0.39 is 0 Å². The van der Waals surface area contributed by atoms with E-state index in [-0.39, 0.29) is 18.2 Å². The summed E-state index contributed by atoms with van der Waals surface area (Å²) in [5, 5.41) is 9.89. The van der Waals surface area contributed by atoms with Crippen LogP contribution in [-0.2, 0) is 11.2 Å². The number of methoxy groups -OCH3 is 1. The Hall–Kier alpha value is -1.56. The Balaban J connectivity index is 1.67. The molecule has 0 aliphatic heterocycles. The van der Waals surface area contributed by atoms with Gasteiger partial charge in [0.2, 0.25) is 0 Å². The molecule has 2 N–H and O–H groups in total. The molecular weight excluding hydrogens is 282 g/mol. The second-order valence-corrected chi connectivity index (χ2v) is 5.97. The number of amides is 2. The molecular formula is C16H27N3O3. The molecule has 2 amide bonds. The van der Waals surface area contributed by atoms with Crippen LogP contribution in [0.25, 0.3) is 0 Å². The molecule has 2 rings (SSSR count). The Kier molecular flexibility index (Phi) is 6.24. The zero-order valence-corrected chi connectivity index (χ0v) is 13.8. The molecule has 0 unspecified atom stereocenters. The van der Waals surface area contributed by atoms with Gasteiger partial charge >= 0.3 is 6.03 Å². The highest BCUT2D eigenvalue weighted by atomic mass is 16.5. The van der Waals surface area contributed by atoms with Crippen LogP contribution >= 0.6 is 0 Å². The zero-order chi connectivity index (χ0) is 15.9. The van der Waals surface area contributed by atoms with Crippen LogP contribution < -0.4 is 10.6 Å². The lowest BCUT2D eigenvalue weighted by Crippen LogP contribution is -2.49. The van der Waals surface area contributed by atoms with E-state index in [9.17, 15) is 4.79 Å². The van der Waals surface area contributed by atoms with Crippen LogP contribution in [0.4, 0.5) is 4.79 Å². The molecule has 1 aromatic rings. The summed E-state index contributed by atoms with van der Waals surface area (Å²) < 4.78 is 10.6. The SMILES string of the molecule is CO[C@H]1CCCC[C@H]1NC(=O)NCCCc1c(C)noc1C. The van der Waals surface area contributed by atoms with Crippen molar-refractivity contribution in [2.75, 3.05) is 13.7 Å². The highest BCUT2D eigenvalue weighted by Crippen LogP contribution is 2.20. The molecule has 0 saturated heterocycles. The van der Waals surface area contributed by atoms with Crippen molar-refractivity contribution in [2.24, 2.45) is 0 Å². The quantitative estimate of drug-likeness (QED) is 0.792. The van der Waals surface area contributed by atoms with Gasteiger partial charge in [-0.15, -0.1) is 0 Å². The van der Waals surface area contributed by atoms with Crippen molar-refractivity contribution in [3.05, 3.63) is 17.0 Å². The van der Waals surface area contributed by atoms with E-state index in [1.807, 2.05) is 13.8 Å². The number of nitrogens with one attached hydrogen (secondary N) is 2. The topological polar surface area (TPSA) is 76.4 Å². The van der Waals surface area contributed by atoms with Gasteiger partial charge in [0.1, 0.15) is 5.76 Å². The summed E-state index contributed by atoms with van der Waals surface area (Å²) in [6.07, 6.45) is 6.22. The lowest BCUT2D eigenvalue weighted by atomic mass is 9.92. The van der Waals surface area contributed by atoms with Gasteiger partial charge in [-0.25, -0.2) is 4.79 Å². The van der Waals surface area contributed by atoms with Gasteiger partial charge in [-0.1, -0.05) is 18.0 Å². The molecule has 0 radical (unpaired) electrons. The van der Waals surface area contributed by atoms with Crippen molar-refractivity contribution in [1.82, 2.24) is 15.8 Å². The highest BCUT2D eigenvalue weighted by Gasteiger charge is 2.26. The van der Waals surface area contributed by atoms with Crippen molar-refractivity contribution in [1.29, 1.82) is 0 Å². The number of hydrogen-bond donors (Lipinski definition) is 2. The molecule has 1 aliphatic carbocycles. The molecule has 1 fully saturated rings. The maximum absolute atomic E-state index is 12.0. The van der Waals surface area contributed by atoms with Crippen molar-refractivity contribution in [3.8, 4) is 0 Å². The van der Waals surface area contributed by atoms with Gasteiger partial charge in [-0.2, -0.15) is 0 Å². The fraction of sp³-hybridized carbons (Fsp3) is 0.750. The van der Waals surface area contributed by atoms with E-state index in [0.717, 1.165) is 49.1 Å². The van der Waals surface area contributed by atoms with E-state index in [2.05, 4.69) is 15.8 Å². The largest absolute Gasteiger partial charge is 0.379 e. The summed E-state index contributed by atoms with van der Waals surface area (Å²) in [7, 11) is 1.71. The van der Waals surface area contributed by atoms with Gasteiger partial charge < -0.3 is 19.9 Å². The minimum Gasteiger partial charge on any atom is -0.379 e. The van der Waals surface area contributed by atoms with Crippen LogP contribution in [0.3, 0.4) is 0 Å². The number of rotatable bonds is 6. The van der Waals surface area contributed by atoms with Crippen LogP contribution in [0.2, 0.25) is 0 Å². The zero-order valence-electron chi connectivity index (χ0n) is 13.8. The molecule has 6 nitrogen and oxygen atoms in total. The summed E-state index contributed by atoms with van der Waals surface area (Å²) in [5.41, 5.74) is 2.08. The fourth-order valence-corrected chi connectivity index (χ4v) is 3.09. The molecule has 124 valence electrons. The summed E-state index contributed by atoms with van der Waals surface area (Å²) in [6.45, 7) is 4.50. The number of aryl methyl sites for hydroxylation is 2. The van der Waals surface area contributed by atoms with Crippen LogP contribution in [0.1, 0.15) is 49.1 Å². The first-order valence-electron chi connectivity index (χ1n) is 8.10. The van der Waals surface area contributed by atoms with Crippen LogP contribution in [0.15, 0.2) is 4.52 Å². The maximum atomic E-state index is 12.0. The standard InChI is InChI=1S/C16H27N3O3/c1-11-13(12(2)22-19-11)7-6-10-17-16(20)18-14-8-4-5-9-15(14)21-3/h14-15H,4-10H2,1-3H3,(H2,17,18,20)/t14-,15+/m1/s1. The molecule has 1 heterocycles. The third-order valence-corrected chi connectivity index (χ3v) is 4.39. The van der Waals surface area contributed by atoms with Gasteiger partial charge in [0.15, 0.2) is 0 Å². The molecule has 0 aromatic carbocycles. The predicted molar refractivity (Wildman–Crippen MR) is 83.9 cm³/mol. The van der Waals surface area contributed by atoms with Gasteiger partial charge in [-0.3, -0.25) is 0 Å². The Bertz CT molecular complexity index is 467. The fourth-order valence-electron chi connectivity index (χ4n) is 3.09. The molecule has 1 saturated carbocycles. The number of carbonyl (C=O) groups is 1. The molecule has 1 aromatic heterocycles. The minimum absolute atomic E-state index is 0.104. The second kappa shape index (κ2) is 8.17. The first-order valence-corrected chi connectivity index (χ1v) is 8.10. The molecule has 6 heteroatoms. The van der Waals surface area contributed by atoms with Crippen molar-refractivity contribution >= 4 is 6.03 Å². The van der Waals surface area contributed by atoms with Crippen LogP contribution in [-0.4, -0.2) is 37.0 Å². The van der Waals surface area contributed by atoms with Gasteiger partial charge in [-0.05, 0) is 39.5 Å². The lowest BCUT2D eigenvalue weighted by Gasteiger charge is -2.31. The lowest BCUT2D eigenvalue weighted by molar-refractivity contribution is 0.0452. The molecule has 0 spiro atoms. The normalized spacial score (nSPS) is 21.6. The molecule has 2 atom stereocenters. The summed E-state index contributed by atoms with van der Waals surface area (Å²) >= 11 is 0. The van der Waals surface area contributed by atoms with E-state index in [4.69, 9.17) is 9.26 Å². The Labute approximate surface area is 132 Å². The van der Waals surface area contributed by atoms with Crippen molar-refractivity contribution in [3.63, 3.8) is 0 Å². The van der Waals surface area contributed by atoms with Gasteiger partial charge in [0.05, 0.1) is 17.8 Å². The molecule has 22 heavy (non-hydrogen) atoms. The van der Waals surface area contributed by atoms with E-state index in [0.29, 0.717) is 6.54 Å². The smallest absolute Gasteiger partial charge is 0.315 e. The monoisotopic (exact) mass is 309 g/mol. The molecule has 0 bridgehead atoms. The first kappa shape index (κ1) is 16.8. The number of hydrogen-bond acceptors (Lipinski definition) is 4. The van der Waals surface area contributed by atoms with Crippen molar-refractivity contribution in [2.45, 2.75) is 64.5 Å². The summed E-state index contributed by atoms with van der Waals surface area (Å²) in [4.78, 5) is 12.0. The average Bonchev–Trinajstić information content (AvgIpc) is 2.83. The van der Waals surface area contributed by atoms with Crippen molar-refractivity contribution < 1.29 is 14.1 Å². The second-order valence-electron chi connectivity index (χ2n) is 5.97. The predicted octanol–water partition coefficient (Wildman–Crippen LogP) is 2.48. The third kappa shape index (κ3) is 4.47. The number of aromatic nitrogens is 1. The average molecular weight is 309 g/mol. The number of nitrogens with zero attached hydrogens (tertiary/aromatic N) is 1. The summed E-state index contributed by atoms with van der Waals surface area (Å²) in [5.74, 6) is 0.868. The Morgan fingerprint density at radius 1 is 1.36 bits per heavy atom.